The van der Waals surface area contributed by atoms with Crippen LogP contribution in [-0.4, -0.2) is 5.91 Å². The Kier molecular flexibility index (Phi) is 2.38. The minimum absolute atomic E-state index is 0.223. The Hall–Kier alpha value is -1.89. The third kappa shape index (κ3) is 1.80. The average molecular weight is 162 g/mol. The molecule has 1 amide bonds. The van der Waals surface area contributed by atoms with Crippen LogP contribution in [0.5, 0.6) is 0 Å². The third-order valence-electron chi connectivity index (χ3n) is 1.40. The van der Waals surface area contributed by atoms with Gasteiger partial charge in [0.15, 0.2) is 12.4 Å². The fourth-order valence-corrected chi connectivity index (χ4v) is 0.848. The lowest BCUT2D eigenvalue weighted by Gasteiger charge is -1.92. The lowest BCUT2D eigenvalue weighted by atomic mass is 10.3. The van der Waals surface area contributed by atoms with E-state index < -0.39 is 5.91 Å². The summed E-state index contributed by atoms with van der Waals surface area (Å²) in [6.45, 7) is 0.223. The first-order valence-corrected chi connectivity index (χ1v) is 3.40. The van der Waals surface area contributed by atoms with Gasteiger partial charge in [0.25, 0.3) is 5.91 Å². The molecule has 0 saturated heterocycles. The molecule has 1 rings (SSSR count). The lowest BCUT2D eigenvalue weighted by molar-refractivity contribution is -0.685. The molecule has 1 aromatic rings. The van der Waals surface area contributed by atoms with E-state index >= 15 is 0 Å². The Morgan fingerprint density at radius 1 is 1.75 bits per heavy atom. The highest BCUT2D eigenvalue weighted by Crippen LogP contribution is 1.91. The molecule has 2 N–H and O–H groups in total. The summed E-state index contributed by atoms with van der Waals surface area (Å²) in [5, 5.41) is 8.36. The van der Waals surface area contributed by atoms with Gasteiger partial charge in [-0.1, -0.05) is 0 Å². The number of pyridine rings is 1. The van der Waals surface area contributed by atoms with E-state index in [9.17, 15) is 4.79 Å². The van der Waals surface area contributed by atoms with Crippen LogP contribution in [0.3, 0.4) is 0 Å². The number of hydrogen-bond donors (Lipinski definition) is 1. The van der Waals surface area contributed by atoms with Gasteiger partial charge in [-0.15, -0.1) is 0 Å². The van der Waals surface area contributed by atoms with Gasteiger partial charge in [0.05, 0.1) is 0 Å². The number of carbonyl (C=O) groups excluding carboxylic acids is 1. The van der Waals surface area contributed by atoms with Crippen molar-refractivity contribution < 1.29 is 9.36 Å². The molecule has 1 heterocycles. The Bertz CT molecular complexity index is 340. The maximum atomic E-state index is 10.7. The minimum Gasteiger partial charge on any atom is -0.365 e. The number of primary amides is 1. The van der Waals surface area contributed by atoms with Gasteiger partial charge < -0.3 is 5.73 Å². The van der Waals surface area contributed by atoms with Crippen LogP contribution in [0.15, 0.2) is 24.5 Å². The SMILES string of the molecule is N#CC[n+]1cccc(C(N)=O)c1. The second-order valence-electron chi connectivity index (χ2n) is 2.29. The van der Waals surface area contributed by atoms with Gasteiger partial charge >= 0.3 is 0 Å². The molecular formula is C8H8N3O+. The molecule has 0 spiro atoms. The van der Waals surface area contributed by atoms with Gasteiger partial charge in [-0.3, -0.25) is 4.79 Å². The molecule has 1 aromatic heterocycles. The predicted octanol–water partition coefficient (Wildman–Crippen LogP) is -0.403. The van der Waals surface area contributed by atoms with E-state index in [4.69, 9.17) is 11.0 Å². The van der Waals surface area contributed by atoms with Crippen molar-refractivity contribution in [3.63, 3.8) is 0 Å². The molecule has 0 aromatic carbocycles. The highest BCUT2D eigenvalue weighted by molar-refractivity contribution is 5.92. The summed E-state index contributed by atoms with van der Waals surface area (Å²) >= 11 is 0. The number of amides is 1. The quantitative estimate of drug-likeness (QED) is 0.601. The Balaban J connectivity index is 2.97. The molecule has 0 unspecified atom stereocenters. The first-order valence-electron chi connectivity index (χ1n) is 3.40. The van der Waals surface area contributed by atoms with Crippen molar-refractivity contribution in [1.82, 2.24) is 0 Å². The van der Waals surface area contributed by atoms with E-state index in [1.165, 1.54) is 0 Å². The molecule has 60 valence electrons. The van der Waals surface area contributed by atoms with Crippen LogP contribution >= 0.6 is 0 Å². The summed E-state index contributed by atoms with van der Waals surface area (Å²) in [6.07, 6.45) is 3.25. The van der Waals surface area contributed by atoms with Crippen molar-refractivity contribution in [2.45, 2.75) is 6.54 Å². The normalized spacial score (nSPS) is 8.92. The second-order valence-corrected chi connectivity index (χ2v) is 2.29. The van der Waals surface area contributed by atoms with Crippen LogP contribution in [0.4, 0.5) is 0 Å². The maximum absolute atomic E-state index is 10.7. The van der Waals surface area contributed by atoms with Crippen molar-refractivity contribution in [3.8, 4) is 6.07 Å². The zero-order chi connectivity index (χ0) is 8.97. The summed E-state index contributed by atoms with van der Waals surface area (Å²) in [4.78, 5) is 10.7. The molecule has 0 aliphatic rings. The number of hydrogen-bond acceptors (Lipinski definition) is 2. The zero-order valence-corrected chi connectivity index (χ0v) is 6.40. The molecule has 4 heteroatoms. The summed E-state index contributed by atoms with van der Waals surface area (Å²) in [5.41, 5.74) is 5.45. The maximum Gasteiger partial charge on any atom is 0.254 e. The molecular weight excluding hydrogens is 154 g/mol. The Labute approximate surface area is 69.8 Å². The fraction of sp³-hybridized carbons (Fsp3) is 0.125. The van der Waals surface area contributed by atoms with Crippen LogP contribution < -0.4 is 10.3 Å². The second kappa shape index (κ2) is 3.49. The topological polar surface area (TPSA) is 70.8 Å². The van der Waals surface area contributed by atoms with Gasteiger partial charge in [0.1, 0.15) is 11.6 Å². The number of aromatic nitrogens is 1. The number of nitriles is 1. The first-order chi connectivity index (χ1) is 5.74. The van der Waals surface area contributed by atoms with Crippen molar-refractivity contribution in [2.24, 2.45) is 5.73 Å². The van der Waals surface area contributed by atoms with Crippen molar-refractivity contribution in [3.05, 3.63) is 30.1 Å². The van der Waals surface area contributed by atoms with Crippen molar-refractivity contribution in [2.75, 3.05) is 0 Å². The molecule has 12 heavy (non-hydrogen) atoms. The largest absolute Gasteiger partial charge is 0.365 e. The van der Waals surface area contributed by atoms with E-state index in [1.54, 1.807) is 29.1 Å². The van der Waals surface area contributed by atoms with Gasteiger partial charge in [0, 0.05) is 6.07 Å². The highest BCUT2D eigenvalue weighted by Gasteiger charge is 2.05. The molecule has 0 fully saturated rings. The minimum atomic E-state index is -0.484. The van der Waals surface area contributed by atoms with Crippen molar-refractivity contribution >= 4 is 5.91 Å². The monoisotopic (exact) mass is 162 g/mol. The van der Waals surface area contributed by atoms with Gasteiger partial charge in [-0.05, 0) is 6.07 Å². The highest BCUT2D eigenvalue weighted by atomic mass is 16.1. The third-order valence-corrected chi connectivity index (χ3v) is 1.40. The van der Waals surface area contributed by atoms with Crippen LogP contribution in [0.25, 0.3) is 0 Å². The lowest BCUT2D eigenvalue weighted by Crippen LogP contribution is -2.33. The van der Waals surface area contributed by atoms with E-state index in [2.05, 4.69) is 0 Å². The van der Waals surface area contributed by atoms with Gasteiger partial charge in [-0.25, -0.2) is 0 Å². The van der Waals surface area contributed by atoms with Crippen LogP contribution in [0, 0.1) is 11.3 Å². The molecule has 0 radical (unpaired) electrons. The number of nitrogens with two attached hydrogens (primary N) is 1. The number of nitrogens with zero attached hydrogens (tertiary/aromatic N) is 2. The summed E-state index contributed by atoms with van der Waals surface area (Å²) in [7, 11) is 0. The van der Waals surface area contributed by atoms with Crippen LogP contribution in [0.2, 0.25) is 0 Å². The number of rotatable bonds is 2. The first kappa shape index (κ1) is 8.21. The average Bonchev–Trinajstić information content (AvgIpc) is 2.05. The molecule has 0 atom stereocenters. The van der Waals surface area contributed by atoms with Crippen LogP contribution in [0.1, 0.15) is 10.4 Å². The van der Waals surface area contributed by atoms with E-state index in [0.717, 1.165) is 0 Å². The molecule has 0 aliphatic heterocycles. The standard InChI is InChI=1S/C8H7N3O/c9-3-5-11-4-1-2-7(6-11)8(10)12/h1-2,4,6H,5H2,(H-,10,12)/p+1. The van der Waals surface area contributed by atoms with E-state index in [0.29, 0.717) is 5.56 Å². The Morgan fingerprint density at radius 3 is 3.08 bits per heavy atom. The summed E-state index contributed by atoms with van der Waals surface area (Å²) in [6, 6.07) is 5.25. The van der Waals surface area contributed by atoms with E-state index in [-0.39, 0.29) is 6.54 Å². The van der Waals surface area contributed by atoms with Crippen molar-refractivity contribution in [1.29, 1.82) is 5.26 Å². The van der Waals surface area contributed by atoms with E-state index in [1.807, 2.05) is 6.07 Å². The van der Waals surface area contributed by atoms with Gasteiger partial charge in [0.2, 0.25) is 6.54 Å². The van der Waals surface area contributed by atoms with Gasteiger partial charge in [-0.2, -0.15) is 9.83 Å². The molecule has 0 aliphatic carbocycles. The summed E-state index contributed by atoms with van der Waals surface area (Å²) in [5.74, 6) is -0.484. The number of carbonyl (C=O) groups is 1. The predicted molar refractivity (Wildman–Crippen MR) is 40.8 cm³/mol. The zero-order valence-electron chi connectivity index (χ0n) is 6.40. The molecule has 0 bridgehead atoms. The smallest absolute Gasteiger partial charge is 0.254 e. The Morgan fingerprint density at radius 2 is 2.50 bits per heavy atom. The van der Waals surface area contributed by atoms with Crippen LogP contribution in [-0.2, 0) is 6.54 Å². The molecule has 4 nitrogen and oxygen atoms in total. The fourth-order valence-electron chi connectivity index (χ4n) is 0.848. The molecule has 0 saturated carbocycles. The summed E-state index contributed by atoms with van der Waals surface area (Å²) < 4.78 is 1.60.